The molecule has 0 radical (unpaired) electrons. The second-order valence-corrected chi connectivity index (χ2v) is 6.96. The largest absolute Gasteiger partial charge is 0.316 e. The predicted octanol–water partition coefficient (Wildman–Crippen LogP) is 3.08. The molecule has 0 unspecified atom stereocenters. The van der Waals surface area contributed by atoms with E-state index in [0.29, 0.717) is 17.1 Å². The standard InChI is InChI=1S/C14H18Cl2N2O2S/c1-4-8-18(9-5-2)21(19,20)13-7-6-12(15)11(10-17-3)14(13)16/h4-7,17H,1-2,8-10H2,3H3. The molecule has 21 heavy (non-hydrogen) atoms. The monoisotopic (exact) mass is 348 g/mol. The van der Waals surface area contributed by atoms with Crippen molar-refractivity contribution in [3.63, 3.8) is 0 Å². The molecule has 0 fully saturated rings. The van der Waals surface area contributed by atoms with Gasteiger partial charge in [-0.1, -0.05) is 35.4 Å². The minimum Gasteiger partial charge on any atom is -0.316 e. The zero-order valence-electron chi connectivity index (χ0n) is 11.8. The molecule has 1 N–H and O–H groups in total. The van der Waals surface area contributed by atoms with Crippen LogP contribution in [0.3, 0.4) is 0 Å². The lowest BCUT2D eigenvalue weighted by Crippen LogP contribution is -2.31. The molecule has 0 heterocycles. The van der Waals surface area contributed by atoms with E-state index < -0.39 is 10.0 Å². The van der Waals surface area contributed by atoms with E-state index in [1.165, 1.54) is 28.6 Å². The van der Waals surface area contributed by atoms with Crippen LogP contribution in [0.2, 0.25) is 10.0 Å². The normalized spacial score (nSPS) is 11.6. The highest BCUT2D eigenvalue weighted by molar-refractivity contribution is 7.89. The Balaban J connectivity index is 3.39. The second-order valence-electron chi connectivity index (χ2n) is 4.27. The molecule has 0 aliphatic rings. The molecule has 1 aromatic rings. The summed E-state index contributed by atoms with van der Waals surface area (Å²) >= 11 is 12.3. The van der Waals surface area contributed by atoms with E-state index in [9.17, 15) is 8.42 Å². The van der Waals surface area contributed by atoms with Crippen LogP contribution in [0, 0.1) is 0 Å². The Labute approximate surface area is 136 Å². The van der Waals surface area contributed by atoms with Gasteiger partial charge in [-0.3, -0.25) is 0 Å². The first-order chi connectivity index (χ1) is 9.89. The third-order valence-corrected chi connectivity index (χ3v) is 5.56. The number of hydrogen-bond acceptors (Lipinski definition) is 3. The van der Waals surface area contributed by atoms with Gasteiger partial charge in [0.15, 0.2) is 0 Å². The van der Waals surface area contributed by atoms with Gasteiger partial charge in [-0.05, 0) is 19.2 Å². The van der Waals surface area contributed by atoms with Gasteiger partial charge < -0.3 is 5.32 Å². The van der Waals surface area contributed by atoms with Gasteiger partial charge in [0.1, 0.15) is 4.90 Å². The van der Waals surface area contributed by atoms with E-state index in [4.69, 9.17) is 23.2 Å². The van der Waals surface area contributed by atoms with Crippen molar-refractivity contribution in [3.05, 3.63) is 53.1 Å². The first-order valence-electron chi connectivity index (χ1n) is 6.23. The summed E-state index contributed by atoms with van der Waals surface area (Å²) in [5.74, 6) is 0. The molecule has 0 bridgehead atoms. The van der Waals surface area contributed by atoms with E-state index in [1.54, 1.807) is 7.05 Å². The van der Waals surface area contributed by atoms with Crippen molar-refractivity contribution in [2.24, 2.45) is 0 Å². The Morgan fingerprint density at radius 1 is 1.24 bits per heavy atom. The van der Waals surface area contributed by atoms with Crippen molar-refractivity contribution >= 4 is 33.2 Å². The average molecular weight is 349 g/mol. The van der Waals surface area contributed by atoms with Crippen molar-refractivity contribution in [1.82, 2.24) is 9.62 Å². The summed E-state index contributed by atoms with van der Waals surface area (Å²) < 4.78 is 26.6. The van der Waals surface area contributed by atoms with Crippen LogP contribution in [-0.4, -0.2) is 32.9 Å². The number of nitrogens with zero attached hydrogens (tertiary/aromatic N) is 1. The lowest BCUT2D eigenvalue weighted by Gasteiger charge is -2.21. The smallest absolute Gasteiger partial charge is 0.245 e. The van der Waals surface area contributed by atoms with Gasteiger partial charge in [0.25, 0.3) is 0 Å². The zero-order chi connectivity index (χ0) is 16.0. The van der Waals surface area contributed by atoms with E-state index in [0.717, 1.165) is 0 Å². The fourth-order valence-corrected chi connectivity index (χ4v) is 4.08. The Bertz CT molecular complexity index is 620. The third-order valence-electron chi connectivity index (χ3n) is 2.79. The summed E-state index contributed by atoms with van der Waals surface area (Å²) in [6, 6.07) is 2.95. The van der Waals surface area contributed by atoms with Crippen LogP contribution in [0.5, 0.6) is 0 Å². The molecule has 0 aromatic heterocycles. The number of halogens is 2. The quantitative estimate of drug-likeness (QED) is 0.734. The average Bonchev–Trinajstić information content (AvgIpc) is 2.43. The van der Waals surface area contributed by atoms with Crippen LogP contribution < -0.4 is 5.32 Å². The molecule has 0 atom stereocenters. The summed E-state index contributed by atoms with van der Waals surface area (Å²) in [6.07, 6.45) is 3.03. The van der Waals surface area contributed by atoms with Crippen molar-refractivity contribution in [2.45, 2.75) is 11.4 Å². The molecule has 4 nitrogen and oxygen atoms in total. The topological polar surface area (TPSA) is 49.4 Å². The first-order valence-corrected chi connectivity index (χ1v) is 8.43. The molecule has 0 saturated carbocycles. The maximum absolute atomic E-state index is 12.7. The van der Waals surface area contributed by atoms with Crippen LogP contribution in [0.4, 0.5) is 0 Å². The lowest BCUT2D eigenvalue weighted by molar-refractivity contribution is 0.474. The van der Waals surface area contributed by atoms with Gasteiger partial charge in [-0.2, -0.15) is 4.31 Å². The highest BCUT2D eigenvalue weighted by atomic mass is 35.5. The van der Waals surface area contributed by atoms with Crippen LogP contribution >= 0.6 is 23.2 Å². The van der Waals surface area contributed by atoms with Gasteiger partial charge in [-0.25, -0.2) is 8.42 Å². The zero-order valence-corrected chi connectivity index (χ0v) is 14.1. The fourth-order valence-electron chi connectivity index (χ4n) is 1.81. The minimum absolute atomic E-state index is 0.0301. The lowest BCUT2D eigenvalue weighted by atomic mass is 10.2. The summed E-state index contributed by atoms with van der Waals surface area (Å²) in [6.45, 7) is 7.87. The van der Waals surface area contributed by atoms with Crippen LogP contribution in [0.15, 0.2) is 42.3 Å². The van der Waals surface area contributed by atoms with E-state index in [-0.39, 0.29) is 23.0 Å². The summed E-state index contributed by atoms with van der Waals surface area (Å²) in [7, 11) is -2.01. The van der Waals surface area contributed by atoms with Gasteiger partial charge in [0, 0.05) is 30.2 Å². The van der Waals surface area contributed by atoms with Crippen LogP contribution in [-0.2, 0) is 16.6 Å². The highest BCUT2D eigenvalue weighted by Gasteiger charge is 2.27. The van der Waals surface area contributed by atoms with E-state index >= 15 is 0 Å². The van der Waals surface area contributed by atoms with E-state index in [2.05, 4.69) is 18.5 Å². The van der Waals surface area contributed by atoms with Gasteiger partial charge >= 0.3 is 0 Å². The van der Waals surface area contributed by atoms with Crippen molar-refractivity contribution < 1.29 is 8.42 Å². The number of benzene rings is 1. The third kappa shape index (κ3) is 4.08. The number of rotatable bonds is 8. The molecule has 0 saturated heterocycles. The number of nitrogens with one attached hydrogen (secondary N) is 1. The highest BCUT2D eigenvalue weighted by Crippen LogP contribution is 2.32. The molecule has 0 amide bonds. The SMILES string of the molecule is C=CCN(CC=C)S(=O)(=O)c1ccc(Cl)c(CNC)c1Cl. The Hall–Kier alpha value is -0.850. The molecule has 0 aliphatic heterocycles. The Morgan fingerprint density at radius 2 is 1.81 bits per heavy atom. The first kappa shape index (κ1) is 18.2. The van der Waals surface area contributed by atoms with E-state index in [1.807, 2.05) is 0 Å². The van der Waals surface area contributed by atoms with Crippen molar-refractivity contribution in [1.29, 1.82) is 0 Å². The number of sulfonamides is 1. The molecule has 0 spiro atoms. The van der Waals surface area contributed by atoms with Gasteiger partial charge in [0.2, 0.25) is 10.0 Å². The molecule has 1 aromatic carbocycles. The van der Waals surface area contributed by atoms with Crippen molar-refractivity contribution in [2.75, 3.05) is 20.1 Å². The minimum atomic E-state index is -3.74. The molecule has 0 aliphatic carbocycles. The molecular weight excluding hydrogens is 331 g/mol. The van der Waals surface area contributed by atoms with Crippen LogP contribution in [0.1, 0.15) is 5.56 Å². The fraction of sp³-hybridized carbons (Fsp3) is 0.286. The van der Waals surface area contributed by atoms with Crippen molar-refractivity contribution in [3.8, 4) is 0 Å². The Morgan fingerprint density at radius 3 is 2.29 bits per heavy atom. The summed E-state index contributed by atoms with van der Waals surface area (Å²) in [4.78, 5) is 0.0301. The maximum atomic E-state index is 12.7. The maximum Gasteiger partial charge on any atom is 0.245 e. The predicted molar refractivity (Wildman–Crippen MR) is 88.4 cm³/mol. The second kappa shape index (κ2) is 7.96. The molecule has 1 rings (SSSR count). The van der Waals surface area contributed by atoms with Crippen LogP contribution in [0.25, 0.3) is 0 Å². The van der Waals surface area contributed by atoms with Gasteiger partial charge in [-0.15, -0.1) is 13.2 Å². The molecular formula is C14H18Cl2N2O2S. The molecule has 7 heteroatoms. The Kier molecular flexibility index (Phi) is 6.90. The van der Waals surface area contributed by atoms with Gasteiger partial charge in [0.05, 0.1) is 5.02 Å². The summed E-state index contributed by atoms with van der Waals surface area (Å²) in [5, 5.41) is 3.47. The number of hydrogen-bond donors (Lipinski definition) is 1. The molecule has 116 valence electrons. The summed E-state index contributed by atoms with van der Waals surface area (Å²) in [5.41, 5.74) is 0.555.